The van der Waals surface area contributed by atoms with Crippen LogP contribution in [0.4, 0.5) is 0 Å². The standard InChI is InChI=1S/C19H27NO/c1-5-14(2)12-15(3)20-13-16-10-11-19(21-4)18-9-7-6-8-17(16)18/h6-11,14-15,20H,5,12-13H2,1-4H3. The summed E-state index contributed by atoms with van der Waals surface area (Å²) in [7, 11) is 1.73. The van der Waals surface area contributed by atoms with E-state index in [1.165, 1.54) is 29.2 Å². The molecule has 0 aliphatic heterocycles. The molecule has 2 aromatic carbocycles. The summed E-state index contributed by atoms with van der Waals surface area (Å²) in [6.45, 7) is 7.76. The van der Waals surface area contributed by atoms with Crippen molar-refractivity contribution in [3.05, 3.63) is 42.0 Å². The summed E-state index contributed by atoms with van der Waals surface area (Å²) in [6.07, 6.45) is 2.47. The maximum absolute atomic E-state index is 5.45. The van der Waals surface area contributed by atoms with Crippen LogP contribution in [0, 0.1) is 5.92 Å². The summed E-state index contributed by atoms with van der Waals surface area (Å²) >= 11 is 0. The Bertz CT molecular complexity index is 579. The SMILES string of the molecule is CCC(C)CC(C)NCc1ccc(OC)c2ccccc12. The minimum Gasteiger partial charge on any atom is -0.496 e. The van der Waals surface area contributed by atoms with Crippen LogP contribution in [0.2, 0.25) is 0 Å². The Labute approximate surface area is 128 Å². The summed E-state index contributed by atoms with van der Waals surface area (Å²) in [6, 6.07) is 13.2. The zero-order valence-electron chi connectivity index (χ0n) is 13.6. The molecule has 0 aromatic heterocycles. The maximum atomic E-state index is 5.45. The highest BCUT2D eigenvalue weighted by molar-refractivity contribution is 5.91. The summed E-state index contributed by atoms with van der Waals surface area (Å²) < 4.78 is 5.45. The Morgan fingerprint density at radius 1 is 1.05 bits per heavy atom. The monoisotopic (exact) mass is 285 g/mol. The normalized spacial score (nSPS) is 14.1. The molecule has 0 aliphatic carbocycles. The van der Waals surface area contributed by atoms with Gasteiger partial charge in [-0.25, -0.2) is 0 Å². The number of methoxy groups -OCH3 is 1. The van der Waals surface area contributed by atoms with Crippen molar-refractivity contribution in [1.82, 2.24) is 5.32 Å². The fourth-order valence-corrected chi connectivity index (χ4v) is 2.80. The molecule has 114 valence electrons. The Hall–Kier alpha value is -1.54. The van der Waals surface area contributed by atoms with Crippen molar-refractivity contribution in [1.29, 1.82) is 0 Å². The van der Waals surface area contributed by atoms with Crippen LogP contribution in [0.25, 0.3) is 10.8 Å². The van der Waals surface area contributed by atoms with Gasteiger partial charge in [0.2, 0.25) is 0 Å². The summed E-state index contributed by atoms with van der Waals surface area (Å²) in [5.41, 5.74) is 1.34. The number of fused-ring (bicyclic) bond motifs is 1. The molecule has 2 atom stereocenters. The molecule has 2 unspecified atom stereocenters. The van der Waals surface area contributed by atoms with Crippen LogP contribution in [-0.2, 0) is 6.54 Å². The first-order chi connectivity index (χ1) is 10.2. The van der Waals surface area contributed by atoms with E-state index in [0.29, 0.717) is 6.04 Å². The first kappa shape index (κ1) is 15.8. The van der Waals surface area contributed by atoms with Gasteiger partial charge in [0.05, 0.1) is 7.11 Å². The van der Waals surface area contributed by atoms with Crippen LogP contribution in [-0.4, -0.2) is 13.2 Å². The van der Waals surface area contributed by atoms with Gasteiger partial charge in [-0.05, 0) is 36.3 Å². The predicted molar refractivity (Wildman–Crippen MR) is 90.9 cm³/mol. The van der Waals surface area contributed by atoms with Crippen LogP contribution in [0.3, 0.4) is 0 Å². The number of hydrogen-bond acceptors (Lipinski definition) is 2. The molecule has 0 fully saturated rings. The third kappa shape index (κ3) is 3.98. The second-order valence-electron chi connectivity index (χ2n) is 6.00. The van der Waals surface area contributed by atoms with Gasteiger partial charge in [0.15, 0.2) is 0 Å². The van der Waals surface area contributed by atoms with Gasteiger partial charge in [-0.3, -0.25) is 0 Å². The van der Waals surface area contributed by atoms with E-state index in [9.17, 15) is 0 Å². The van der Waals surface area contributed by atoms with Crippen LogP contribution in [0.5, 0.6) is 5.75 Å². The number of benzene rings is 2. The van der Waals surface area contributed by atoms with Gasteiger partial charge in [0, 0.05) is 18.0 Å². The van der Waals surface area contributed by atoms with Crippen LogP contribution in [0.15, 0.2) is 36.4 Å². The van der Waals surface area contributed by atoms with Gasteiger partial charge in [-0.1, -0.05) is 50.6 Å². The Balaban J connectivity index is 2.12. The number of hydrogen-bond donors (Lipinski definition) is 1. The van der Waals surface area contributed by atoms with E-state index in [2.05, 4.69) is 62.5 Å². The lowest BCUT2D eigenvalue weighted by atomic mass is 9.99. The molecule has 0 heterocycles. The van der Waals surface area contributed by atoms with Crippen LogP contribution < -0.4 is 10.1 Å². The Kier molecular flexibility index (Phi) is 5.63. The molecule has 0 aliphatic rings. The average Bonchev–Trinajstić information content (AvgIpc) is 2.52. The molecular weight excluding hydrogens is 258 g/mol. The average molecular weight is 285 g/mol. The van der Waals surface area contributed by atoms with Crippen molar-refractivity contribution >= 4 is 10.8 Å². The van der Waals surface area contributed by atoms with Gasteiger partial charge in [-0.2, -0.15) is 0 Å². The fourth-order valence-electron chi connectivity index (χ4n) is 2.80. The zero-order valence-corrected chi connectivity index (χ0v) is 13.6. The van der Waals surface area contributed by atoms with Gasteiger partial charge in [0.25, 0.3) is 0 Å². The molecular formula is C19H27NO. The molecule has 0 amide bonds. The van der Waals surface area contributed by atoms with Gasteiger partial charge >= 0.3 is 0 Å². The molecule has 2 rings (SSSR count). The first-order valence-corrected chi connectivity index (χ1v) is 7.93. The summed E-state index contributed by atoms with van der Waals surface area (Å²) in [5, 5.41) is 6.12. The van der Waals surface area contributed by atoms with Crippen molar-refractivity contribution in [2.45, 2.75) is 46.2 Å². The minimum atomic E-state index is 0.542. The highest BCUT2D eigenvalue weighted by Crippen LogP contribution is 2.28. The number of nitrogens with one attached hydrogen (secondary N) is 1. The molecule has 2 nitrogen and oxygen atoms in total. The minimum absolute atomic E-state index is 0.542. The Morgan fingerprint density at radius 3 is 2.43 bits per heavy atom. The molecule has 2 heteroatoms. The van der Waals surface area contributed by atoms with Crippen molar-refractivity contribution in [3.8, 4) is 5.75 Å². The third-order valence-corrected chi connectivity index (χ3v) is 4.29. The first-order valence-electron chi connectivity index (χ1n) is 7.93. The fraction of sp³-hybridized carbons (Fsp3) is 0.474. The second-order valence-corrected chi connectivity index (χ2v) is 6.00. The number of ether oxygens (including phenoxy) is 1. The van der Waals surface area contributed by atoms with E-state index in [4.69, 9.17) is 4.74 Å². The van der Waals surface area contributed by atoms with E-state index >= 15 is 0 Å². The van der Waals surface area contributed by atoms with Crippen molar-refractivity contribution in [3.63, 3.8) is 0 Å². The van der Waals surface area contributed by atoms with Crippen molar-refractivity contribution in [2.75, 3.05) is 7.11 Å². The molecule has 0 bridgehead atoms. The molecule has 0 saturated carbocycles. The molecule has 0 spiro atoms. The van der Waals surface area contributed by atoms with E-state index in [-0.39, 0.29) is 0 Å². The third-order valence-electron chi connectivity index (χ3n) is 4.29. The van der Waals surface area contributed by atoms with Crippen molar-refractivity contribution < 1.29 is 4.74 Å². The largest absolute Gasteiger partial charge is 0.496 e. The number of rotatable bonds is 7. The van der Waals surface area contributed by atoms with E-state index < -0.39 is 0 Å². The zero-order chi connectivity index (χ0) is 15.2. The molecule has 21 heavy (non-hydrogen) atoms. The van der Waals surface area contributed by atoms with Gasteiger partial charge in [-0.15, -0.1) is 0 Å². The molecule has 2 aromatic rings. The van der Waals surface area contributed by atoms with Crippen LogP contribution >= 0.6 is 0 Å². The maximum Gasteiger partial charge on any atom is 0.126 e. The second kappa shape index (κ2) is 7.46. The topological polar surface area (TPSA) is 21.3 Å². The highest BCUT2D eigenvalue weighted by Gasteiger charge is 2.09. The highest BCUT2D eigenvalue weighted by atomic mass is 16.5. The van der Waals surface area contributed by atoms with Gasteiger partial charge in [0.1, 0.15) is 5.75 Å². The summed E-state index contributed by atoms with van der Waals surface area (Å²) in [4.78, 5) is 0. The van der Waals surface area contributed by atoms with E-state index in [1.54, 1.807) is 7.11 Å². The molecule has 1 N–H and O–H groups in total. The summed E-state index contributed by atoms with van der Waals surface area (Å²) in [5.74, 6) is 1.72. The molecule has 0 saturated heterocycles. The quantitative estimate of drug-likeness (QED) is 0.791. The smallest absolute Gasteiger partial charge is 0.126 e. The Morgan fingerprint density at radius 2 is 1.76 bits per heavy atom. The van der Waals surface area contributed by atoms with E-state index in [1.807, 2.05) is 0 Å². The van der Waals surface area contributed by atoms with Gasteiger partial charge < -0.3 is 10.1 Å². The van der Waals surface area contributed by atoms with E-state index in [0.717, 1.165) is 18.2 Å². The lowest BCUT2D eigenvalue weighted by Crippen LogP contribution is -2.27. The lowest BCUT2D eigenvalue weighted by molar-refractivity contribution is 0.411. The molecule has 0 radical (unpaired) electrons. The van der Waals surface area contributed by atoms with Crippen molar-refractivity contribution in [2.24, 2.45) is 5.92 Å². The lowest BCUT2D eigenvalue weighted by Gasteiger charge is -2.18. The predicted octanol–water partition coefficient (Wildman–Crippen LogP) is 4.76. The van der Waals surface area contributed by atoms with Crippen LogP contribution in [0.1, 0.15) is 39.2 Å².